The maximum absolute atomic E-state index is 4.66. The molecule has 4 nitrogen and oxygen atoms in total. The highest BCUT2D eigenvalue weighted by Crippen LogP contribution is 2.28. The van der Waals surface area contributed by atoms with Crippen molar-refractivity contribution in [1.29, 1.82) is 0 Å². The summed E-state index contributed by atoms with van der Waals surface area (Å²) >= 11 is 5.01. The van der Waals surface area contributed by atoms with Crippen LogP contribution >= 0.6 is 27.3 Å². The molecular weight excluding hydrogens is 324 g/mol. The van der Waals surface area contributed by atoms with Gasteiger partial charge in [-0.3, -0.25) is 0 Å². The third-order valence-corrected chi connectivity index (χ3v) is 4.78. The Morgan fingerprint density at radius 2 is 2.05 bits per heavy atom. The molecule has 0 atom stereocenters. The highest BCUT2D eigenvalue weighted by molar-refractivity contribution is 9.11. The Hall–Kier alpha value is -1.40. The molecule has 19 heavy (non-hydrogen) atoms. The summed E-state index contributed by atoms with van der Waals surface area (Å²) in [6, 6.07) is 10.5. The maximum Gasteiger partial charge on any atom is 0.213 e. The van der Waals surface area contributed by atoms with E-state index in [2.05, 4.69) is 55.2 Å². The lowest BCUT2D eigenvalue weighted by Gasteiger charge is -2.28. The number of aromatic nitrogens is 3. The van der Waals surface area contributed by atoms with E-state index in [0.29, 0.717) is 0 Å². The number of imidazole rings is 1. The van der Waals surface area contributed by atoms with E-state index in [4.69, 9.17) is 0 Å². The van der Waals surface area contributed by atoms with Gasteiger partial charge in [0.25, 0.3) is 0 Å². The second-order valence-corrected chi connectivity index (χ2v) is 6.79. The Morgan fingerprint density at radius 3 is 2.89 bits per heavy atom. The molecule has 0 amide bonds. The van der Waals surface area contributed by atoms with Crippen molar-refractivity contribution in [2.75, 3.05) is 11.4 Å². The standard InChI is InChI=1S/C13H11BrN4S/c14-12-16-18-11-8-17(9-4-2-1-3-5-9)7-6-10(11)15-13(18)19-12/h1-5H,6-8H2. The van der Waals surface area contributed by atoms with Crippen molar-refractivity contribution in [3.63, 3.8) is 0 Å². The molecule has 2 aromatic heterocycles. The molecule has 1 aliphatic rings. The molecule has 1 aliphatic heterocycles. The highest BCUT2D eigenvalue weighted by Gasteiger charge is 2.23. The van der Waals surface area contributed by atoms with Gasteiger partial charge in [-0.25, -0.2) is 9.50 Å². The fourth-order valence-corrected chi connectivity index (χ4v) is 3.79. The largest absolute Gasteiger partial charge is 0.365 e. The van der Waals surface area contributed by atoms with E-state index in [1.807, 2.05) is 10.6 Å². The molecule has 0 saturated carbocycles. The second-order valence-electron chi connectivity index (χ2n) is 4.56. The zero-order valence-corrected chi connectivity index (χ0v) is 12.5. The van der Waals surface area contributed by atoms with Crippen LogP contribution in [0, 0.1) is 0 Å². The molecular formula is C13H11BrN4S. The third-order valence-electron chi connectivity index (χ3n) is 3.44. The molecule has 0 spiro atoms. The normalized spacial score (nSPS) is 14.9. The first-order valence-corrected chi connectivity index (χ1v) is 7.75. The molecule has 0 unspecified atom stereocenters. The summed E-state index contributed by atoms with van der Waals surface area (Å²) in [7, 11) is 0. The zero-order chi connectivity index (χ0) is 12.8. The van der Waals surface area contributed by atoms with Crippen molar-refractivity contribution in [2.45, 2.75) is 13.0 Å². The first-order valence-electron chi connectivity index (χ1n) is 6.14. The Morgan fingerprint density at radius 1 is 1.21 bits per heavy atom. The van der Waals surface area contributed by atoms with E-state index in [0.717, 1.165) is 28.4 Å². The summed E-state index contributed by atoms with van der Waals surface area (Å²) in [6.45, 7) is 1.89. The van der Waals surface area contributed by atoms with Gasteiger partial charge in [0.2, 0.25) is 4.96 Å². The Kier molecular flexibility index (Phi) is 2.60. The second kappa shape index (κ2) is 4.31. The Bertz CT molecular complexity index is 734. The van der Waals surface area contributed by atoms with Crippen molar-refractivity contribution in [1.82, 2.24) is 14.6 Å². The topological polar surface area (TPSA) is 33.4 Å². The van der Waals surface area contributed by atoms with Crippen LogP contribution in [0.4, 0.5) is 5.69 Å². The van der Waals surface area contributed by atoms with Crippen LogP contribution in [-0.4, -0.2) is 21.1 Å². The van der Waals surface area contributed by atoms with Gasteiger partial charge in [-0.1, -0.05) is 29.5 Å². The predicted molar refractivity (Wildman–Crippen MR) is 79.8 cm³/mol. The van der Waals surface area contributed by atoms with Gasteiger partial charge in [-0.2, -0.15) is 0 Å². The fourth-order valence-electron chi connectivity index (χ4n) is 2.53. The van der Waals surface area contributed by atoms with E-state index in [-0.39, 0.29) is 0 Å². The van der Waals surface area contributed by atoms with Crippen molar-refractivity contribution in [2.24, 2.45) is 0 Å². The molecule has 0 N–H and O–H groups in total. The van der Waals surface area contributed by atoms with Gasteiger partial charge < -0.3 is 4.90 Å². The number of benzene rings is 1. The van der Waals surface area contributed by atoms with Crippen LogP contribution in [0.2, 0.25) is 0 Å². The monoisotopic (exact) mass is 334 g/mol. The predicted octanol–water partition coefficient (Wildman–Crippen LogP) is 3.12. The first kappa shape index (κ1) is 11.4. The maximum atomic E-state index is 4.66. The average Bonchev–Trinajstić information content (AvgIpc) is 2.95. The van der Waals surface area contributed by atoms with Gasteiger partial charge in [0, 0.05) is 18.7 Å². The van der Waals surface area contributed by atoms with Crippen LogP contribution in [0.5, 0.6) is 0 Å². The minimum Gasteiger partial charge on any atom is -0.365 e. The van der Waals surface area contributed by atoms with Gasteiger partial charge in [-0.15, -0.1) is 5.10 Å². The first-order chi connectivity index (χ1) is 9.31. The van der Waals surface area contributed by atoms with Crippen molar-refractivity contribution < 1.29 is 0 Å². The third kappa shape index (κ3) is 1.86. The van der Waals surface area contributed by atoms with Crippen LogP contribution < -0.4 is 4.90 Å². The molecule has 0 saturated heterocycles. The highest BCUT2D eigenvalue weighted by atomic mass is 79.9. The fraction of sp³-hybridized carbons (Fsp3) is 0.231. The van der Waals surface area contributed by atoms with Crippen molar-refractivity contribution in [3.8, 4) is 0 Å². The van der Waals surface area contributed by atoms with Crippen LogP contribution in [0.3, 0.4) is 0 Å². The smallest absolute Gasteiger partial charge is 0.213 e. The molecule has 0 radical (unpaired) electrons. The molecule has 4 rings (SSSR count). The number of halogens is 1. The number of hydrogen-bond donors (Lipinski definition) is 0. The van der Waals surface area contributed by atoms with E-state index in [1.54, 1.807) is 11.3 Å². The molecule has 0 aliphatic carbocycles. The van der Waals surface area contributed by atoms with Crippen LogP contribution in [-0.2, 0) is 13.0 Å². The number of hydrogen-bond acceptors (Lipinski definition) is 4. The van der Waals surface area contributed by atoms with Crippen LogP contribution in [0.1, 0.15) is 11.4 Å². The van der Waals surface area contributed by atoms with Crippen LogP contribution in [0.15, 0.2) is 34.2 Å². The number of anilines is 1. The lowest BCUT2D eigenvalue weighted by molar-refractivity contribution is 0.686. The molecule has 96 valence electrons. The minimum atomic E-state index is 0.872. The SMILES string of the molecule is Brc1nn2c3c(nc2s1)CCN(c1ccccc1)C3. The number of fused-ring (bicyclic) bond motifs is 3. The van der Waals surface area contributed by atoms with Gasteiger partial charge in [-0.05, 0) is 28.1 Å². The lowest BCUT2D eigenvalue weighted by atomic mass is 10.1. The molecule has 1 aromatic carbocycles. The molecule has 6 heteroatoms. The van der Waals surface area contributed by atoms with E-state index in [1.165, 1.54) is 17.1 Å². The van der Waals surface area contributed by atoms with E-state index >= 15 is 0 Å². The zero-order valence-electron chi connectivity index (χ0n) is 10.1. The molecule has 0 bridgehead atoms. The number of nitrogens with zero attached hydrogens (tertiary/aromatic N) is 4. The van der Waals surface area contributed by atoms with Crippen molar-refractivity contribution in [3.05, 3.63) is 45.6 Å². The van der Waals surface area contributed by atoms with E-state index in [9.17, 15) is 0 Å². The summed E-state index contributed by atoms with van der Waals surface area (Å²) in [5.41, 5.74) is 3.67. The summed E-state index contributed by atoms with van der Waals surface area (Å²) in [4.78, 5) is 8.02. The lowest BCUT2D eigenvalue weighted by Crippen LogP contribution is -2.31. The summed E-state index contributed by atoms with van der Waals surface area (Å²) in [6.07, 6.45) is 0.984. The van der Waals surface area contributed by atoms with Gasteiger partial charge >= 0.3 is 0 Å². The summed E-state index contributed by atoms with van der Waals surface area (Å²) < 4.78 is 2.86. The Labute approximate surface area is 122 Å². The summed E-state index contributed by atoms with van der Waals surface area (Å²) in [5, 5.41) is 4.48. The molecule has 3 heterocycles. The van der Waals surface area contributed by atoms with Crippen molar-refractivity contribution >= 4 is 37.9 Å². The van der Waals surface area contributed by atoms with Crippen LogP contribution in [0.25, 0.3) is 4.96 Å². The Balaban J connectivity index is 1.76. The number of rotatable bonds is 1. The average molecular weight is 335 g/mol. The minimum absolute atomic E-state index is 0.872. The molecule has 3 aromatic rings. The quantitative estimate of drug-likeness (QED) is 0.685. The molecule has 0 fully saturated rings. The summed E-state index contributed by atoms with van der Waals surface area (Å²) in [5.74, 6) is 0. The van der Waals surface area contributed by atoms with Gasteiger partial charge in [0.05, 0.1) is 17.9 Å². The van der Waals surface area contributed by atoms with Gasteiger partial charge in [0.15, 0.2) is 3.92 Å². The van der Waals surface area contributed by atoms with E-state index < -0.39 is 0 Å². The number of para-hydroxylation sites is 1. The van der Waals surface area contributed by atoms with Gasteiger partial charge in [0.1, 0.15) is 0 Å².